The van der Waals surface area contributed by atoms with Gasteiger partial charge in [0.05, 0.1) is 6.04 Å². The van der Waals surface area contributed by atoms with E-state index in [4.69, 9.17) is 10.6 Å². The molecule has 4 heteroatoms. The van der Waals surface area contributed by atoms with Crippen molar-refractivity contribution in [2.24, 2.45) is 5.84 Å². The third-order valence-corrected chi connectivity index (χ3v) is 3.71. The predicted octanol–water partition coefficient (Wildman–Crippen LogP) is 2.64. The summed E-state index contributed by atoms with van der Waals surface area (Å²) in [6.45, 7) is 2.61. The molecule has 17 heavy (non-hydrogen) atoms. The second-order valence-electron chi connectivity index (χ2n) is 3.81. The highest BCUT2D eigenvalue weighted by atomic mass is 32.1. The normalized spacial score (nSPS) is 12.4. The second-order valence-corrected chi connectivity index (χ2v) is 4.76. The first-order valence-corrected chi connectivity index (χ1v) is 6.37. The Hall–Kier alpha value is -1.36. The maximum atomic E-state index is 5.70. The highest BCUT2D eigenvalue weighted by Gasteiger charge is 2.14. The lowest BCUT2D eigenvalue weighted by Gasteiger charge is -2.16. The second kappa shape index (κ2) is 5.82. The molecular weight excluding hydrogens is 232 g/mol. The van der Waals surface area contributed by atoms with Gasteiger partial charge in [-0.15, -0.1) is 11.3 Å². The van der Waals surface area contributed by atoms with Gasteiger partial charge in [-0.1, -0.05) is 18.2 Å². The van der Waals surface area contributed by atoms with Crippen LogP contribution in [0, 0.1) is 6.92 Å². The van der Waals surface area contributed by atoms with Crippen LogP contribution in [0.3, 0.4) is 0 Å². The van der Waals surface area contributed by atoms with Gasteiger partial charge in [0.2, 0.25) is 0 Å². The van der Waals surface area contributed by atoms with Crippen molar-refractivity contribution >= 4 is 11.3 Å². The number of hydrogen-bond donors (Lipinski definition) is 2. The minimum absolute atomic E-state index is 0.0372. The first kappa shape index (κ1) is 12.1. The SMILES string of the molecule is Cc1ccsc1C(COc1ccccc1)NN. The van der Waals surface area contributed by atoms with E-state index in [0.717, 1.165) is 5.75 Å². The molecule has 0 radical (unpaired) electrons. The number of nitrogens with one attached hydrogen (secondary N) is 1. The molecule has 1 atom stereocenters. The Morgan fingerprint density at radius 2 is 2.06 bits per heavy atom. The van der Waals surface area contributed by atoms with Crippen molar-refractivity contribution in [3.8, 4) is 5.75 Å². The van der Waals surface area contributed by atoms with Gasteiger partial charge in [0.1, 0.15) is 12.4 Å². The Morgan fingerprint density at radius 1 is 1.29 bits per heavy atom. The van der Waals surface area contributed by atoms with Crippen LogP contribution in [-0.4, -0.2) is 6.61 Å². The van der Waals surface area contributed by atoms with E-state index < -0.39 is 0 Å². The van der Waals surface area contributed by atoms with Crippen molar-refractivity contribution < 1.29 is 4.74 Å². The van der Waals surface area contributed by atoms with Crippen molar-refractivity contribution in [3.05, 3.63) is 52.2 Å². The van der Waals surface area contributed by atoms with Crippen LogP contribution in [0.15, 0.2) is 41.8 Å². The Labute approximate surface area is 105 Å². The van der Waals surface area contributed by atoms with Crippen LogP contribution in [0.25, 0.3) is 0 Å². The number of para-hydroxylation sites is 1. The van der Waals surface area contributed by atoms with Crippen molar-refractivity contribution in [2.45, 2.75) is 13.0 Å². The molecule has 0 saturated carbocycles. The minimum atomic E-state index is 0.0372. The number of hydrogen-bond acceptors (Lipinski definition) is 4. The largest absolute Gasteiger partial charge is 0.492 e. The van der Waals surface area contributed by atoms with E-state index in [1.54, 1.807) is 11.3 Å². The number of nitrogens with two attached hydrogens (primary N) is 1. The maximum absolute atomic E-state index is 5.70. The molecule has 2 rings (SSSR count). The molecule has 0 fully saturated rings. The number of ether oxygens (including phenoxy) is 1. The van der Waals surface area contributed by atoms with Crippen LogP contribution in [0.2, 0.25) is 0 Å². The third kappa shape index (κ3) is 3.06. The standard InChI is InChI=1S/C13H16N2OS/c1-10-7-8-17-13(10)12(15-14)9-16-11-5-3-2-4-6-11/h2-8,12,15H,9,14H2,1H3. The average Bonchev–Trinajstić information content (AvgIpc) is 2.78. The molecule has 0 spiro atoms. The van der Waals surface area contributed by atoms with Crippen molar-refractivity contribution in [1.29, 1.82) is 0 Å². The van der Waals surface area contributed by atoms with E-state index >= 15 is 0 Å². The van der Waals surface area contributed by atoms with Crippen molar-refractivity contribution in [2.75, 3.05) is 6.61 Å². The number of benzene rings is 1. The summed E-state index contributed by atoms with van der Waals surface area (Å²) in [6, 6.07) is 11.9. The lowest BCUT2D eigenvalue weighted by molar-refractivity contribution is 0.269. The van der Waals surface area contributed by atoms with Gasteiger partial charge in [-0.05, 0) is 36.1 Å². The lowest BCUT2D eigenvalue weighted by Crippen LogP contribution is -2.32. The molecule has 3 nitrogen and oxygen atoms in total. The molecule has 0 aliphatic carbocycles. The molecule has 1 heterocycles. The highest BCUT2D eigenvalue weighted by molar-refractivity contribution is 7.10. The van der Waals surface area contributed by atoms with E-state index in [0.29, 0.717) is 6.61 Å². The summed E-state index contributed by atoms with van der Waals surface area (Å²) in [5.74, 6) is 6.44. The van der Waals surface area contributed by atoms with Gasteiger partial charge in [-0.3, -0.25) is 5.84 Å². The molecule has 1 aromatic carbocycles. The van der Waals surface area contributed by atoms with Gasteiger partial charge < -0.3 is 4.74 Å². The van der Waals surface area contributed by atoms with Crippen LogP contribution in [-0.2, 0) is 0 Å². The summed E-state index contributed by atoms with van der Waals surface area (Å²) in [5.41, 5.74) is 4.05. The minimum Gasteiger partial charge on any atom is -0.492 e. The smallest absolute Gasteiger partial charge is 0.119 e. The highest BCUT2D eigenvalue weighted by Crippen LogP contribution is 2.24. The molecule has 90 valence electrons. The average molecular weight is 248 g/mol. The maximum Gasteiger partial charge on any atom is 0.119 e. The molecule has 0 aliphatic heterocycles. The van der Waals surface area contributed by atoms with E-state index in [-0.39, 0.29) is 6.04 Å². The fourth-order valence-electron chi connectivity index (χ4n) is 1.64. The fourth-order valence-corrected chi connectivity index (χ4v) is 2.61. The molecular formula is C13H16N2OS. The Balaban J connectivity index is 2.00. The van der Waals surface area contributed by atoms with Crippen LogP contribution in [0.5, 0.6) is 5.75 Å². The topological polar surface area (TPSA) is 47.3 Å². The number of thiophene rings is 1. The quantitative estimate of drug-likeness (QED) is 0.631. The summed E-state index contributed by atoms with van der Waals surface area (Å²) in [6.07, 6.45) is 0. The predicted molar refractivity (Wildman–Crippen MR) is 71.1 cm³/mol. The molecule has 1 unspecified atom stereocenters. The summed E-state index contributed by atoms with van der Waals surface area (Å²) in [4.78, 5) is 1.23. The van der Waals surface area contributed by atoms with Crippen LogP contribution < -0.4 is 16.0 Å². The van der Waals surface area contributed by atoms with E-state index in [1.165, 1.54) is 10.4 Å². The van der Waals surface area contributed by atoms with Gasteiger partial charge >= 0.3 is 0 Å². The van der Waals surface area contributed by atoms with Crippen molar-refractivity contribution in [1.82, 2.24) is 5.43 Å². The monoisotopic (exact) mass is 248 g/mol. The third-order valence-electron chi connectivity index (χ3n) is 2.58. The molecule has 0 aliphatic rings. The van der Waals surface area contributed by atoms with Gasteiger partial charge in [-0.25, -0.2) is 5.43 Å². The summed E-state index contributed by atoms with van der Waals surface area (Å²) >= 11 is 1.69. The Morgan fingerprint density at radius 3 is 2.65 bits per heavy atom. The Bertz CT molecular complexity index is 455. The van der Waals surface area contributed by atoms with Gasteiger partial charge in [0, 0.05) is 4.88 Å². The van der Waals surface area contributed by atoms with Crippen LogP contribution >= 0.6 is 11.3 Å². The zero-order valence-corrected chi connectivity index (χ0v) is 10.5. The van der Waals surface area contributed by atoms with Gasteiger partial charge in [0.15, 0.2) is 0 Å². The number of hydrazine groups is 1. The molecule has 2 aromatic rings. The molecule has 0 saturated heterocycles. The molecule has 3 N–H and O–H groups in total. The number of aryl methyl sites for hydroxylation is 1. The van der Waals surface area contributed by atoms with Gasteiger partial charge in [-0.2, -0.15) is 0 Å². The molecule has 1 aromatic heterocycles. The van der Waals surface area contributed by atoms with E-state index in [1.807, 2.05) is 30.3 Å². The van der Waals surface area contributed by atoms with Crippen LogP contribution in [0.4, 0.5) is 0 Å². The van der Waals surface area contributed by atoms with Gasteiger partial charge in [0.25, 0.3) is 0 Å². The molecule has 0 bridgehead atoms. The summed E-state index contributed by atoms with van der Waals surface area (Å²) < 4.78 is 5.70. The Kier molecular flexibility index (Phi) is 4.14. The first-order chi connectivity index (χ1) is 8.31. The van der Waals surface area contributed by atoms with Crippen molar-refractivity contribution in [3.63, 3.8) is 0 Å². The molecule has 0 amide bonds. The fraction of sp³-hybridized carbons (Fsp3) is 0.231. The van der Waals surface area contributed by atoms with E-state index in [9.17, 15) is 0 Å². The zero-order chi connectivity index (χ0) is 12.1. The van der Waals surface area contributed by atoms with Crippen LogP contribution in [0.1, 0.15) is 16.5 Å². The lowest BCUT2D eigenvalue weighted by atomic mass is 10.2. The summed E-state index contributed by atoms with van der Waals surface area (Å²) in [5, 5.41) is 2.07. The number of rotatable bonds is 5. The van der Waals surface area contributed by atoms with E-state index in [2.05, 4.69) is 23.8 Å². The first-order valence-electron chi connectivity index (χ1n) is 5.49. The zero-order valence-electron chi connectivity index (χ0n) is 9.72. The summed E-state index contributed by atoms with van der Waals surface area (Å²) in [7, 11) is 0.